The van der Waals surface area contributed by atoms with Gasteiger partial charge in [-0.25, -0.2) is 0 Å². The predicted molar refractivity (Wildman–Crippen MR) is 117 cm³/mol. The van der Waals surface area contributed by atoms with Crippen molar-refractivity contribution >= 4 is 40.7 Å². The molecule has 0 aliphatic carbocycles. The third-order valence-electron chi connectivity index (χ3n) is 3.96. The number of hydrogen-bond acceptors (Lipinski definition) is 7. The summed E-state index contributed by atoms with van der Waals surface area (Å²) < 4.78 is 16.7. The molecule has 0 atom stereocenters. The van der Waals surface area contributed by atoms with Crippen LogP contribution in [0.5, 0.6) is 11.5 Å². The lowest BCUT2D eigenvalue weighted by Crippen LogP contribution is -2.03. The molecule has 9 heteroatoms. The first kappa shape index (κ1) is 22.5. The topological polar surface area (TPSA) is 74.5 Å². The van der Waals surface area contributed by atoms with Crippen LogP contribution >= 0.6 is 35.0 Å². The Bertz CT molecular complexity index is 979. The first-order valence-corrected chi connectivity index (χ1v) is 11.1. The van der Waals surface area contributed by atoms with Gasteiger partial charge in [0, 0.05) is 10.6 Å². The number of ketones is 1. The van der Waals surface area contributed by atoms with E-state index in [0.717, 1.165) is 18.6 Å². The minimum absolute atomic E-state index is 0.0379. The van der Waals surface area contributed by atoms with Crippen LogP contribution < -0.4 is 9.47 Å². The maximum atomic E-state index is 12.4. The highest BCUT2D eigenvalue weighted by atomic mass is 35.5. The molecule has 0 spiro atoms. The summed E-state index contributed by atoms with van der Waals surface area (Å²) in [6, 6.07) is 12.0. The average Bonchev–Trinajstić information content (AvgIpc) is 3.20. The lowest BCUT2D eigenvalue weighted by Gasteiger charge is -2.06. The summed E-state index contributed by atoms with van der Waals surface area (Å²) in [4.78, 5) is 12.4. The summed E-state index contributed by atoms with van der Waals surface area (Å²) in [5.74, 6) is 1.65. The summed E-state index contributed by atoms with van der Waals surface area (Å²) >= 11 is 13.1. The van der Waals surface area contributed by atoms with Crippen LogP contribution in [0, 0.1) is 0 Å². The molecule has 3 rings (SSSR count). The summed E-state index contributed by atoms with van der Waals surface area (Å²) in [6.07, 6.45) is 2.08. The van der Waals surface area contributed by atoms with Crippen molar-refractivity contribution in [2.24, 2.45) is 0 Å². The lowest BCUT2D eigenvalue weighted by atomic mass is 10.1. The second-order valence-corrected chi connectivity index (χ2v) is 8.03. The van der Waals surface area contributed by atoms with E-state index in [1.807, 2.05) is 0 Å². The van der Waals surface area contributed by atoms with Crippen molar-refractivity contribution in [3.8, 4) is 11.5 Å². The normalized spacial score (nSPS) is 10.8. The molecule has 0 bridgehead atoms. The van der Waals surface area contributed by atoms with Crippen molar-refractivity contribution in [2.75, 3.05) is 12.4 Å². The van der Waals surface area contributed by atoms with Crippen LogP contribution in [-0.2, 0) is 6.61 Å². The fourth-order valence-corrected chi connectivity index (χ4v) is 3.51. The van der Waals surface area contributed by atoms with Crippen LogP contribution in [0.2, 0.25) is 10.0 Å². The summed E-state index contributed by atoms with van der Waals surface area (Å²) in [5, 5.41) is 9.05. The molecular weight excluding hydrogens is 447 g/mol. The highest BCUT2D eigenvalue weighted by molar-refractivity contribution is 7.99. The van der Waals surface area contributed by atoms with Gasteiger partial charge in [-0.2, -0.15) is 0 Å². The van der Waals surface area contributed by atoms with Crippen molar-refractivity contribution in [1.82, 2.24) is 10.2 Å². The van der Waals surface area contributed by atoms with E-state index in [9.17, 15) is 4.79 Å². The lowest BCUT2D eigenvalue weighted by molar-refractivity contribution is 0.102. The zero-order chi connectivity index (χ0) is 21.3. The van der Waals surface area contributed by atoms with E-state index in [-0.39, 0.29) is 24.0 Å². The van der Waals surface area contributed by atoms with Gasteiger partial charge in [-0.1, -0.05) is 48.3 Å². The van der Waals surface area contributed by atoms with E-state index in [1.165, 1.54) is 11.8 Å². The SMILES string of the molecule is CCCCOc1ccc(C(=O)CSc2nnc(COc3ccc(Cl)cc3Cl)o2)cc1. The number of halogens is 2. The Morgan fingerprint density at radius 3 is 2.63 bits per heavy atom. The number of carbonyl (C=O) groups is 1. The molecule has 0 aliphatic rings. The molecule has 0 radical (unpaired) electrons. The largest absolute Gasteiger partial charge is 0.494 e. The predicted octanol–water partition coefficient (Wildman–Crippen LogP) is 6.11. The Morgan fingerprint density at radius 1 is 1.10 bits per heavy atom. The number of benzene rings is 2. The smallest absolute Gasteiger partial charge is 0.277 e. The van der Waals surface area contributed by atoms with Gasteiger partial charge in [0.2, 0.25) is 0 Å². The Labute approximate surface area is 188 Å². The van der Waals surface area contributed by atoms with Gasteiger partial charge < -0.3 is 13.9 Å². The fraction of sp³-hybridized carbons (Fsp3) is 0.286. The van der Waals surface area contributed by atoms with Gasteiger partial charge in [0.25, 0.3) is 11.1 Å². The Hall–Kier alpha value is -2.22. The summed E-state index contributed by atoms with van der Waals surface area (Å²) in [5.41, 5.74) is 0.603. The maximum absolute atomic E-state index is 12.4. The Morgan fingerprint density at radius 2 is 1.90 bits per heavy atom. The molecular formula is C21H20Cl2N2O4S. The molecule has 30 heavy (non-hydrogen) atoms. The number of hydrogen-bond donors (Lipinski definition) is 0. The highest BCUT2D eigenvalue weighted by Gasteiger charge is 2.13. The van der Waals surface area contributed by atoms with Gasteiger partial charge in [-0.3, -0.25) is 4.79 Å². The average molecular weight is 467 g/mol. The number of aromatic nitrogens is 2. The number of carbonyl (C=O) groups excluding carboxylic acids is 1. The fourth-order valence-electron chi connectivity index (χ4n) is 2.37. The van der Waals surface area contributed by atoms with Crippen LogP contribution in [0.25, 0.3) is 0 Å². The van der Waals surface area contributed by atoms with Crippen molar-refractivity contribution < 1.29 is 18.7 Å². The second-order valence-electron chi connectivity index (χ2n) is 6.26. The second kappa shape index (κ2) is 11.2. The summed E-state index contributed by atoms with van der Waals surface area (Å²) in [6.45, 7) is 2.84. The molecule has 0 saturated heterocycles. The van der Waals surface area contributed by atoms with E-state index >= 15 is 0 Å². The van der Waals surface area contributed by atoms with Gasteiger partial charge in [0.15, 0.2) is 12.4 Å². The van der Waals surface area contributed by atoms with Gasteiger partial charge in [0.05, 0.1) is 17.4 Å². The minimum Gasteiger partial charge on any atom is -0.494 e. The van der Waals surface area contributed by atoms with Crippen molar-refractivity contribution in [3.05, 3.63) is 64.0 Å². The van der Waals surface area contributed by atoms with Crippen LogP contribution in [0.15, 0.2) is 52.1 Å². The summed E-state index contributed by atoms with van der Waals surface area (Å²) in [7, 11) is 0. The monoisotopic (exact) mass is 466 g/mol. The van der Waals surface area contributed by atoms with E-state index < -0.39 is 0 Å². The van der Waals surface area contributed by atoms with Crippen LogP contribution in [0.3, 0.4) is 0 Å². The van der Waals surface area contributed by atoms with E-state index in [2.05, 4.69) is 17.1 Å². The molecule has 158 valence electrons. The van der Waals surface area contributed by atoms with Crippen molar-refractivity contribution in [2.45, 2.75) is 31.6 Å². The van der Waals surface area contributed by atoms with Gasteiger partial charge in [0.1, 0.15) is 11.5 Å². The molecule has 1 heterocycles. The molecule has 0 saturated carbocycles. The van der Waals surface area contributed by atoms with Crippen molar-refractivity contribution in [1.29, 1.82) is 0 Å². The van der Waals surface area contributed by atoms with E-state index in [0.29, 0.717) is 33.2 Å². The van der Waals surface area contributed by atoms with Gasteiger partial charge in [-0.05, 0) is 48.9 Å². The zero-order valence-corrected chi connectivity index (χ0v) is 18.6. The number of ether oxygens (including phenoxy) is 2. The molecule has 6 nitrogen and oxygen atoms in total. The van der Waals surface area contributed by atoms with Gasteiger partial charge >= 0.3 is 0 Å². The molecule has 0 fully saturated rings. The number of Topliss-reactive ketones (excluding diaryl/α,β-unsaturated/α-hetero) is 1. The van der Waals surface area contributed by atoms with Crippen LogP contribution in [0.4, 0.5) is 0 Å². The number of thioether (sulfide) groups is 1. The number of rotatable bonds is 11. The third-order valence-corrected chi connectivity index (χ3v) is 5.31. The van der Waals surface area contributed by atoms with Crippen LogP contribution in [-0.4, -0.2) is 28.3 Å². The molecule has 1 aromatic heterocycles. The quantitative estimate of drug-likeness (QED) is 0.191. The minimum atomic E-state index is -0.0379. The van der Waals surface area contributed by atoms with E-state index in [4.69, 9.17) is 37.1 Å². The molecule has 3 aromatic rings. The number of unbranched alkanes of at least 4 members (excludes halogenated alkanes) is 1. The van der Waals surface area contributed by atoms with Gasteiger partial charge in [-0.15, -0.1) is 10.2 Å². The molecule has 2 aromatic carbocycles. The zero-order valence-electron chi connectivity index (χ0n) is 16.3. The molecule has 0 aliphatic heterocycles. The first-order chi connectivity index (χ1) is 14.5. The van der Waals surface area contributed by atoms with E-state index in [1.54, 1.807) is 42.5 Å². The molecule has 0 N–H and O–H groups in total. The Balaban J connectivity index is 1.47. The standard InChI is InChI=1S/C21H20Cl2N2O4S/c1-2-3-10-27-16-7-4-14(5-8-16)18(26)13-30-21-25-24-20(29-21)12-28-19-9-6-15(22)11-17(19)23/h4-9,11H,2-3,10,12-13H2,1H3. The molecule has 0 unspecified atom stereocenters. The molecule has 0 amide bonds. The number of nitrogens with zero attached hydrogens (tertiary/aromatic N) is 2. The first-order valence-electron chi connectivity index (χ1n) is 9.34. The third kappa shape index (κ3) is 6.65. The Kier molecular flexibility index (Phi) is 8.42. The van der Waals surface area contributed by atoms with Crippen LogP contribution in [0.1, 0.15) is 36.0 Å². The maximum Gasteiger partial charge on any atom is 0.277 e. The van der Waals surface area contributed by atoms with Crippen molar-refractivity contribution in [3.63, 3.8) is 0 Å². The highest BCUT2D eigenvalue weighted by Crippen LogP contribution is 2.28.